The maximum atomic E-state index is 12.7. The summed E-state index contributed by atoms with van der Waals surface area (Å²) < 4.78 is 0. The minimum absolute atomic E-state index is 0.203. The Morgan fingerprint density at radius 2 is 2.04 bits per heavy atom. The minimum Gasteiger partial charge on any atom is -0.358 e. The summed E-state index contributed by atoms with van der Waals surface area (Å²) in [6.07, 6.45) is 5.02. The highest BCUT2D eigenvalue weighted by molar-refractivity contribution is 7.18. The monoisotopic (exact) mass is 336 g/mol. The minimum atomic E-state index is -0.203. The molecule has 0 atom stereocenters. The Hall–Kier alpha value is -2.99. The number of amides is 1. The Morgan fingerprint density at radius 3 is 2.75 bits per heavy atom. The van der Waals surface area contributed by atoms with E-state index in [1.807, 2.05) is 30.3 Å². The van der Waals surface area contributed by atoms with Crippen molar-refractivity contribution in [3.05, 3.63) is 72.4 Å². The Bertz CT molecular complexity index is 831. The molecule has 1 amide bonds. The first-order chi connectivity index (χ1) is 11.8. The maximum absolute atomic E-state index is 12.7. The fourth-order valence-corrected chi connectivity index (χ4v) is 3.02. The van der Waals surface area contributed by atoms with E-state index in [0.717, 1.165) is 5.56 Å². The van der Waals surface area contributed by atoms with Gasteiger partial charge in [0.1, 0.15) is 4.88 Å². The SMILES string of the molecule is C=CCNc1nc(-c2ccccc2)c(C(=O)Nc2cccnc2)s1. The van der Waals surface area contributed by atoms with Crippen LogP contribution >= 0.6 is 11.3 Å². The molecule has 0 saturated heterocycles. The van der Waals surface area contributed by atoms with Gasteiger partial charge in [0.2, 0.25) is 0 Å². The average molecular weight is 336 g/mol. The van der Waals surface area contributed by atoms with Crippen LogP contribution in [0.15, 0.2) is 67.5 Å². The van der Waals surface area contributed by atoms with E-state index in [1.165, 1.54) is 11.3 Å². The third-order valence-electron chi connectivity index (χ3n) is 3.20. The van der Waals surface area contributed by atoms with Crippen molar-refractivity contribution in [2.75, 3.05) is 17.2 Å². The molecule has 120 valence electrons. The predicted molar refractivity (Wildman–Crippen MR) is 98.4 cm³/mol. The van der Waals surface area contributed by atoms with Crippen LogP contribution in [0.5, 0.6) is 0 Å². The van der Waals surface area contributed by atoms with Crippen molar-refractivity contribution in [3.63, 3.8) is 0 Å². The fraction of sp³-hybridized carbons (Fsp3) is 0.0556. The summed E-state index contributed by atoms with van der Waals surface area (Å²) >= 11 is 1.32. The number of carbonyl (C=O) groups excluding carboxylic acids is 1. The second-order valence-electron chi connectivity index (χ2n) is 4.93. The van der Waals surface area contributed by atoms with Crippen molar-refractivity contribution < 1.29 is 4.79 Å². The molecule has 1 aromatic carbocycles. The van der Waals surface area contributed by atoms with Gasteiger partial charge in [-0.1, -0.05) is 47.7 Å². The number of nitrogens with zero attached hydrogens (tertiary/aromatic N) is 2. The lowest BCUT2D eigenvalue weighted by atomic mass is 10.1. The lowest BCUT2D eigenvalue weighted by molar-refractivity contribution is 0.103. The number of thiazole rings is 1. The van der Waals surface area contributed by atoms with Crippen LogP contribution in [0.1, 0.15) is 9.67 Å². The molecule has 2 N–H and O–H groups in total. The molecule has 0 aliphatic carbocycles. The van der Waals surface area contributed by atoms with E-state index in [2.05, 4.69) is 27.2 Å². The average Bonchev–Trinajstić information content (AvgIpc) is 3.06. The summed E-state index contributed by atoms with van der Waals surface area (Å²) in [5, 5.41) is 6.68. The second-order valence-corrected chi connectivity index (χ2v) is 5.93. The summed E-state index contributed by atoms with van der Waals surface area (Å²) in [5.41, 5.74) is 2.21. The summed E-state index contributed by atoms with van der Waals surface area (Å²) in [4.78, 5) is 21.8. The molecule has 0 radical (unpaired) electrons. The van der Waals surface area contributed by atoms with Crippen molar-refractivity contribution >= 4 is 28.1 Å². The van der Waals surface area contributed by atoms with E-state index < -0.39 is 0 Å². The molecule has 3 rings (SSSR count). The highest BCUT2D eigenvalue weighted by Crippen LogP contribution is 2.31. The van der Waals surface area contributed by atoms with E-state index in [-0.39, 0.29) is 5.91 Å². The molecule has 0 aliphatic heterocycles. The highest BCUT2D eigenvalue weighted by atomic mass is 32.1. The predicted octanol–water partition coefficient (Wildman–Crippen LogP) is 4.06. The van der Waals surface area contributed by atoms with Crippen LogP contribution in [0.4, 0.5) is 10.8 Å². The molecule has 24 heavy (non-hydrogen) atoms. The first-order valence-corrected chi connectivity index (χ1v) is 8.22. The van der Waals surface area contributed by atoms with Crippen LogP contribution in [0.3, 0.4) is 0 Å². The summed E-state index contributed by atoms with van der Waals surface area (Å²) in [7, 11) is 0. The number of anilines is 2. The first-order valence-electron chi connectivity index (χ1n) is 7.40. The lowest BCUT2D eigenvalue weighted by Crippen LogP contribution is -2.11. The molecule has 5 nitrogen and oxygen atoms in total. The number of nitrogens with one attached hydrogen (secondary N) is 2. The van der Waals surface area contributed by atoms with Crippen LogP contribution < -0.4 is 10.6 Å². The number of rotatable bonds is 6. The number of pyridine rings is 1. The molecule has 3 aromatic rings. The number of carbonyl (C=O) groups is 1. The van der Waals surface area contributed by atoms with Crippen molar-refractivity contribution in [1.29, 1.82) is 0 Å². The maximum Gasteiger partial charge on any atom is 0.268 e. The van der Waals surface area contributed by atoms with Gasteiger partial charge in [-0.2, -0.15) is 0 Å². The third-order valence-corrected chi connectivity index (χ3v) is 4.21. The van der Waals surface area contributed by atoms with Gasteiger partial charge in [-0.05, 0) is 12.1 Å². The number of hydrogen-bond donors (Lipinski definition) is 2. The molecule has 0 bridgehead atoms. The normalized spacial score (nSPS) is 10.2. The fourth-order valence-electron chi connectivity index (χ4n) is 2.13. The molecular weight excluding hydrogens is 320 g/mol. The first kappa shape index (κ1) is 15.9. The Morgan fingerprint density at radius 1 is 1.21 bits per heavy atom. The molecule has 6 heteroatoms. The van der Waals surface area contributed by atoms with E-state index in [9.17, 15) is 4.79 Å². The van der Waals surface area contributed by atoms with E-state index in [4.69, 9.17) is 0 Å². The molecule has 0 unspecified atom stereocenters. The van der Waals surface area contributed by atoms with Gasteiger partial charge in [0.05, 0.1) is 17.6 Å². The molecule has 2 heterocycles. The molecule has 2 aromatic heterocycles. The largest absolute Gasteiger partial charge is 0.358 e. The Labute approximate surface area is 144 Å². The highest BCUT2D eigenvalue weighted by Gasteiger charge is 2.19. The molecule has 0 aliphatic rings. The van der Waals surface area contributed by atoms with Crippen LogP contribution in [0, 0.1) is 0 Å². The third kappa shape index (κ3) is 3.67. The van der Waals surface area contributed by atoms with Gasteiger partial charge in [0.15, 0.2) is 5.13 Å². The van der Waals surface area contributed by atoms with Crippen LogP contribution in [0.25, 0.3) is 11.3 Å². The Kier molecular flexibility index (Phi) is 4.98. The van der Waals surface area contributed by atoms with Gasteiger partial charge in [-0.3, -0.25) is 9.78 Å². The van der Waals surface area contributed by atoms with E-state index >= 15 is 0 Å². The van der Waals surface area contributed by atoms with Crippen LogP contribution in [0.2, 0.25) is 0 Å². The van der Waals surface area contributed by atoms with E-state index in [1.54, 1.807) is 30.6 Å². The van der Waals surface area contributed by atoms with Crippen molar-refractivity contribution in [3.8, 4) is 11.3 Å². The van der Waals surface area contributed by atoms with Crippen molar-refractivity contribution in [2.24, 2.45) is 0 Å². The summed E-state index contributed by atoms with van der Waals surface area (Å²) in [5.74, 6) is -0.203. The van der Waals surface area contributed by atoms with Crippen molar-refractivity contribution in [2.45, 2.75) is 0 Å². The van der Waals surface area contributed by atoms with Gasteiger partial charge in [-0.25, -0.2) is 4.98 Å². The number of hydrogen-bond acceptors (Lipinski definition) is 5. The zero-order chi connectivity index (χ0) is 16.8. The summed E-state index contributed by atoms with van der Waals surface area (Å²) in [6.45, 7) is 4.27. The summed E-state index contributed by atoms with van der Waals surface area (Å²) in [6, 6.07) is 13.2. The lowest BCUT2D eigenvalue weighted by Gasteiger charge is -2.04. The molecular formula is C18H16N4OS. The van der Waals surface area contributed by atoms with Gasteiger partial charge >= 0.3 is 0 Å². The second kappa shape index (κ2) is 7.52. The van der Waals surface area contributed by atoms with Gasteiger partial charge < -0.3 is 10.6 Å². The molecule has 0 fully saturated rings. The Balaban J connectivity index is 1.94. The number of aromatic nitrogens is 2. The molecule has 0 saturated carbocycles. The topological polar surface area (TPSA) is 66.9 Å². The van der Waals surface area contributed by atoms with Crippen LogP contribution in [-0.2, 0) is 0 Å². The van der Waals surface area contributed by atoms with Gasteiger partial charge in [0, 0.05) is 18.3 Å². The van der Waals surface area contributed by atoms with Gasteiger partial charge in [0.25, 0.3) is 5.91 Å². The van der Waals surface area contributed by atoms with E-state index in [0.29, 0.717) is 27.9 Å². The van der Waals surface area contributed by atoms with Crippen LogP contribution in [-0.4, -0.2) is 22.4 Å². The zero-order valence-corrected chi connectivity index (χ0v) is 13.7. The quantitative estimate of drug-likeness (QED) is 0.666. The molecule has 0 spiro atoms. The van der Waals surface area contributed by atoms with Gasteiger partial charge in [-0.15, -0.1) is 6.58 Å². The zero-order valence-electron chi connectivity index (χ0n) is 12.9. The number of benzene rings is 1. The van der Waals surface area contributed by atoms with Crippen molar-refractivity contribution in [1.82, 2.24) is 9.97 Å². The smallest absolute Gasteiger partial charge is 0.268 e. The standard InChI is InChI=1S/C18H16N4OS/c1-2-10-20-18-22-15(13-7-4-3-5-8-13)16(24-18)17(23)21-14-9-6-11-19-12-14/h2-9,11-12H,1,10H2,(H,20,22)(H,21,23).